The van der Waals surface area contributed by atoms with Gasteiger partial charge in [-0.3, -0.25) is 20.4 Å². The number of hydrogen-bond acceptors (Lipinski definition) is 4. The zero-order chi connectivity index (χ0) is 21.2. The van der Waals surface area contributed by atoms with Crippen LogP contribution in [0.4, 0.5) is 0 Å². The Morgan fingerprint density at radius 3 is 2.34 bits per heavy atom. The van der Waals surface area contributed by atoms with E-state index in [0.717, 1.165) is 12.0 Å². The highest BCUT2D eigenvalue weighted by molar-refractivity contribution is 6.30. The van der Waals surface area contributed by atoms with E-state index in [1.54, 1.807) is 24.3 Å². The Morgan fingerprint density at radius 1 is 1.00 bits per heavy atom. The molecule has 0 aliphatic carbocycles. The molecule has 0 radical (unpaired) electrons. The Kier molecular flexibility index (Phi) is 8.80. The van der Waals surface area contributed by atoms with Crippen molar-refractivity contribution < 1.29 is 19.1 Å². The van der Waals surface area contributed by atoms with Crippen molar-refractivity contribution in [3.05, 3.63) is 59.1 Å². The van der Waals surface area contributed by atoms with E-state index in [-0.39, 0.29) is 6.61 Å². The molecule has 0 spiro atoms. The quantitative estimate of drug-likeness (QED) is 0.597. The molecule has 2 aromatic rings. The Morgan fingerprint density at radius 2 is 1.69 bits per heavy atom. The molecule has 0 aromatic heterocycles. The van der Waals surface area contributed by atoms with E-state index in [1.807, 2.05) is 31.2 Å². The van der Waals surface area contributed by atoms with Gasteiger partial charge in [0.1, 0.15) is 11.5 Å². The standard InChI is InChI=1S/C22H27ClN2O4/c1-4-15(3)18-8-6-7-9-20(18)29-19(5-2)22(27)25-24-21(26)14-28-17-12-10-16(23)11-13-17/h6-13,15,19H,4-5,14H2,1-3H3,(H,24,26)(H,25,27). The minimum absolute atomic E-state index is 0.240. The van der Waals surface area contributed by atoms with E-state index in [1.165, 1.54) is 0 Å². The molecule has 0 bridgehead atoms. The number of carbonyl (C=O) groups is 2. The first-order valence-corrected chi connectivity index (χ1v) is 10.0. The zero-order valence-corrected chi connectivity index (χ0v) is 17.7. The van der Waals surface area contributed by atoms with Crippen molar-refractivity contribution in [3.8, 4) is 11.5 Å². The van der Waals surface area contributed by atoms with Crippen LogP contribution in [-0.2, 0) is 9.59 Å². The summed E-state index contributed by atoms with van der Waals surface area (Å²) in [5.41, 5.74) is 5.80. The van der Waals surface area contributed by atoms with Gasteiger partial charge in [-0.25, -0.2) is 0 Å². The number of hydrazine groups is 1. The second-order valence-corrected chi connectivity index (χ2v) is 7.08. The summed E-state index contributed by atoms with van der Waals surface area (Å²) < 4.78 is 11.3. The lowest BCUT2D eigenvalue weighted by Crippen LogP contribution is -2.49. The van der Waals surface area contributed by atoms with Crippen LogP contribution in [0.2, 0.25) is 5.02 Å². The van der Waals surface area contributed by atoms with E-state index in [2.05, 4.69) is 24.7 Å². The van der Waals surface area contributed by atoms with Gasteiger partial charge in [0.25, 0.3) is 11.8 Å². The van der Waals surface area contributed by atoms with Gasteiger partial charge in [-0.1, -0.05) is 50.6 Å². The van der Waals surface area contributed by atoms with Crippen molar-refractivity contribution in [3.63, 3.8) is 0 Å². The highest BCUT2D eigenvalue weighted by Gasteiger charge is 2.21. The maximum absolute atomic E-state index is 12.4. The van der Waals surface area contributed by atoms with Crippen LogP contribution in [0, 0.1) is 0 Å². The van der Waals surface area contributed by atoms with E-state index >= 15 is 0 Å². The minimum Gasteiger partial charge on any atom is -0.484 e. The first-order valence-electron chi connectivity index (χ1n) is 9.67. The summed E-state index contributed by atoms with van der Waals surface area (Å²) in [5, 5.41) is 0.578. The molecule has 0 saturated heterocycles. The molecule has 2 N–H and O–H groups in total. The molecule has 0 heterocycles. The molecule has 0 aliphatic heterocycles. The van der Waals surface area contributed by atoms with E-state index < -0.39 is 17.9 Å². The van der Waals surface area contributed by atoms with Crippen molar-refractivity contribution in [2.75, 3.05) is 6.61 Å². The summed E-state index contributed by atoms with van der Waals surface area (Å²) in [7, 11) is 0. The fourth-order valence-electron chi connectivity index (χ4n) is 2.62. The van der Waals surface area contributed by atoms with Crippen LogP contribution >= 0.6 is 11.6 Å². The van der Waals surface area contributed by atoms with Gasteiger partial charge in [0.2, 0.25) is 0 Å². The van der Waals surface area contributed by atoms with Crippen molar-refractivity contribution in [2.24, 2.45) is 0 Å². The van der Waals surface area contributed by atoms with Crippen LogP contribution in [0.3, 0.4) is 0 Å². The van der Waals surface area contributed by atoms with Gasteiger partial charge in [0.15, 0.2) is 12.7 Å². The van der Waals surface area contributed by atoms with Crippen LogP contribution in [-0.4, -0.2) is 24.5 Å². The molecule has 0 fully saturated rings. The van der Waals surface area contributed by atoms with E-state index in [9.17, 15) is 9.59 Å². The normalized spacial score (nSPS) is 12.6. The summed E-state index contributed by atoms with van der Waals surface area (Å²) in [6.07, 6.45) is 0.697. The summed E-state index contributed by atoms with van der Waals surface area (Å²) in [4.78, 5) is 24.4. The fraction of sp³-hybridized carbons (Fsp3) is 0.364. The molecule has 0 aliphatic rings. The predicted molar refractivity (Wildman–Crippen MR) is 113 cm³/mol. The molecule has 29 heavy (non-hydrogen) atoms. The Balaban J connectivity index is 1.86. The summed E-state index contributed by atoms with van der Waals surface area (Å²) >= 11 is 5.80. The average molecular weight is 419 g/mol. The number of para-hydroxylation sites is 1. The Bertz CT molecular complexity index is 811. The van der Waals surface area contributed by atoms with Crippen LogP contribution in [0.15, 0.2) is 48.5 Å². The van der Waals surface area contributed by atoms with Gasteiger partial charge in [-0.05, 0) is 54.7 Å². The smallest absolute Gasteiger partial charge is 0.279 e. The number of carbonyl (C=O) groups excluding carboxylic acids is 2. The second-order valence-electron chi connectivity index (χ2n) is 6.64. The lowest BCUT2D eigenvalue weighted by atomic mass is 9.98. The molecule has 0 saturated carbocycles. The largest absolute Gasteiger partial charge is 0.484 e. The maximum Gasteiger partial charge on any atom is 0.279 e. The van der Waals surface area contributed by atoms with Crippen molar-refractivity contribution in [1.82, 2.24) is 10.9 Å². The van der Waals surface area contributed by atoms with Crippen molar-refractivity contribution in [2.45, 2.75) is 45.6 Å². The van der Waals surface area contributed by atoms with Crippen molar-refractivity contribution in [1.29, 1.82) is 0 Å². The Labute approximate surface area is 176 Å². The molecular formula is C22H27ClN2O4. The summed E-state index contributed by atoms with van der Waals surface area (Å²) in [5.74, 6) is 0.597. The van der Waals surface area contributed by atoms with E-state index in [0.29, 0.717) is 28.9 Å². The van der Waals surface area contributed by atoms with Gasteiger partial charge in [0.05, 0.1) is 0 Å². The van der Waals surface area contributed by atoms with Crippen LogP contribution < -0.4 is 20.3 Å². The van der Waals surface area contributed by atoms with Gasteiger partial charge in [-0.2, -0.15) is 0 Å². The van der Waals surface area contributed by atoms with Gasteiger partial charge >= 0.3 is 0 Å². The van der Waals surface area contributed by atoms with Gasteiger partial charge in [-0.15, -0.1) is 0 Å². The maximum atomic E-state index is 12.4. The average Bonchev–Trinajstić information content (AvgIpc) is 2.75. The topological polar surface area (TPSA) is 76.7 Å². The van der Waals surface area contributed by atoms with Gasteiger partial charge < -0.3 is 9.47 Å². The SMILES string of the molecule is CCC(Oc1ccccc1C(C)CC)C(=O)NNC(=O)COc1ccc(Cl)cc1. The number of hydrogen-bond donors (Lipinski definition) is 2. The first kappa shape index (κ1) is 22.6. The number of nitrogens with one attached hydrogen (secondary N) is 2. The Hall–Kier alpha value is -2.73. The van der Waals surface area contributed by atoms with Gasteiger partial charge in [0, 0.05) is 5.02 Å². The molecule has 2 aromatic carbocycles. The molecular weight excluding hydrogens is 392 g/mol. The first-order chi connectivity index (χ1) is 13.9. The molecule has 7 heteroatoms. The minimum atomic E-state index is -0.724. The summed E-state index contributed by atoms with van der Waals surface area (Å²) in [6.45, 7) is 5.83. The predicted octanol–water partition coefficient (Wildman–Crippen LogP) is 4.24. The van der Waals surface area contributed by atoms with Crippen LogP contribution in [0.25, 0.3) is 0 Å². The van der Waals surface area contributed by atoms with Crippen molar-refractivity contribution >= 4 is 23.4 Å². The number of halogens is 1. The number of rotatable bonds is 9. The van der Waals surface area contributed by atoms with E-state index in [4.69, 9.17) is 21.1 Å². The number of ether oxygens (including phenoxy) is 2. The molecule has 2 rings (SSSR count). The zero-order valence-electron chi connectivity index (χ0n) is 16.9. The number of amides is 2. The molecule has 2 unspecified atom stereocenters. The molecule has 2 amide bonds. The highest BCUT2D eigenvalue weighted by Crippen LogP contribution is 2.29. The molecule has 2 atom stereocenters. The third-order valence-corrected chi connectivity index (χ3v) is 4.76. The van der Waals surface area contributed by atoms with Crippen LogP contribution in [0.5, 0.6) is 11.5 Å². The second kappa shape index (κ2) is 11.3. The molecule has 6 nitrogen and oxygen atoms in total. The van der Waals surface area contributed by atoms with Crippen LogP contribution in [0.1, 0.15) is 45.1 Å². The lowest BCUT2D eigenvalue weighted by molar-refractivity contribution is -0.134. The monoisotopic (exact) mass is 418 g/mol. The number of benzene rings is 2. The third kappa shape index (κ3) is 6.98. The summed E-state index contributed by atoms with van der Waals surface area (Å²) in [6, 6.07) is 14.3. The highest BCUT2D eigenvalue weighted by atomic mass is 35.5. The third-order valence-electron chi connectivity index (χ3n) is 4.50. The lowest BCUT2D eigenvalue weighted by Gasteiger charge is -2.21. The molecule has 156 valence electrons. The fourth-order valence-corrected chi connectivity index (χ4v) is 2.74.